The summed E-state index contributed by atoms with van der Waals surface area (Å²) in [5.41, 5.74) is 0. The molecule has 0 amide bonds. The maximum Gasteiger partial charge on any atom is 0.134 e. The second-order valence-electron chi connectivity index (χ2n) is 6.24. The molecule has 0 radical (unpaired) electrons. The van der Waals surface area contributed by atoms with Crippen molar-refractivity contribution in [3.63, 3.8) is 0 Å². The van der Waals surface area contributed by atoms with Crippen LogP contribution in [0.5, 0.6) is 0 Å². The molecule has 0 spiro atoms. The topological polar surface area (TPSA) is 37.8 Å². The molecule has 1 aromatic rings. The van der Waals surface area contributed by atoms with E-state index in [9.17, 15) is 0 Å². The van der Waals surface area contributed by atoms with Gasteiger partial charge in [-0.05, 0) is 47.0 Å². The number of aromatic nitrogens is 2. The molecule has 0 saturated heterocycles. The van der Waals surface area contributed by atoms with Crippen molar-refractivity contribution in [1.29, 1.82) is 0 Å². The van der Waals surface area contributed by atoms with Gasteiger partial charge in [-0.15, -0.1) is 0 Å². The lowest BCUT2D eigenvalue weighted by atomic mass is 9.80. The van der Waals surface area contributed by atoms with Gasteiger partial charge in [0.1, 0.15) is 16.2 Å². The quantitative estimate of drug-likeness (QED) is 0.825. The fourth-order valence-electron chi connectivity index (χ4n) is 2.84. The summed E-state index contributed by atoms with van der Waals surface area (Å²) in [6, 6.07) is 2.52. The summed E-state index contributed by atoms with van der Waals surface area (Å²) < 4.78 is 0.866. The first-order valence-corrected chi connectivity index (χ1v) is 8.06. The Morgan fingerprint density at radius 1 is 1.26 bits per heavy atom. The molecule has 3 nitrogen and oxygen atoms in total. The highest BCUT2D eigenvalue weighted by molar-refractivity contribution is 9.10. The number of halogens is 1. The van der Waals surface area contributed by atoms with Crippen LogP contribution in [-0.2, 0) is 0 Å². The molecule has 0 aromatic carbocycles. The molecule has 4 heteroatoms. The van der Waals surface area contributed by atoms with Gasteiger partial charge in [-0.25, -0.2) is 9.97 Å². The summed E-state index contributed by atoms with van der Waals surface area (Å²) in [5, 5.41) is 3.61. The van der Waals surface area contributed by atoms with Gasteiger partial charge in [-0.2, -0.15) is 0 Å². The Kier molecular flexibility index (Phi) is 4.82. The summed E-state index contributed by atoms with van der Waals surface area (Å²) in [4.78, 5) is 9.05. The Morgan fingerprint density at radius 3 is 2.63 bits per heavy atom. The van der Waals surface area contributed by atoms with E-state index in [1.807, 2.05) is 6.07 Å². The first-order chi connectivity index (χ1) is 8.95. The summed E-state index contributed by atoms with van der Waals surface area (Å²) in [6.45, 7) is 8.94. The summed E-state index contributed by atoms with van der Waals surface area (Å²) in [7, 11) is 0. The van der Waals surface area contributed by atoms with Crippen LogP contribution in [0.2, 0.25) is 0 Å². The van der Waals surface area contributed by atoms with Gasteiger partial charge in [0.25, 0.3) is 0 Å². The monoisotopic (exact) mass is 325 g/mol. The fourth-order valence-corrected chi connectivity index (χ4v) is 3.24. The average molecular weight is 326 g/mol. The normalized spacial score (nSPS) is 27.6. The van der Waals surface area contributed by atoms with E-state index in [2.05, 4.69) is 58.9 Å². The van der Waals surface area contributed by atoms with Crippen LogP contribution in [0.15, 0.2) is 10.7 Å². The average Bonchev–Trinajstić information content (AvgIpc) is 2.32. The van der Waals surface area contributed by atoms with E-state index in [0.717, 1.165) is 22.2 Å². The minimum Gasteiger partial charge on any atom is -0.367 e. The third-order valence-corrected chi connectivity index (χ3v) is 4.40. The molecular weight excluding hydrogens is 302 g/mol. The Hall–Kier alpha value is -0.640. The Labute approximate surface area is 124 Å². The van der Waals surface area contributed by atoms with Gasteiger partial charge in [-0.1, -0.05) is 27.7 Å². The molecule has 3 atom stereocenters. The third kappa shape index (κ3) is 3.91. The molecule has 1 fully saturated rings. The second kappa shape index (κ2) is 6.21. The fraction of sp³-hybridized carbons (Fsp3) is 0.733. The summed E-state index contributed by atoms with van der Waals surface area (Å²) in [6.07, 6.45) is 3.85. The van der Waals surface area contributed by atoms with Crippen molar-refractivity contribution in [1.82, 2.24) is 9.97 Å². The third-order valence-electron chi connectivity index (χ3n) is 3.99. The zero-order valence-electron chi connectivity index (χ0n) is 12.3. The molecule has 1 aromatic heterocycles. The lowest BCUT2D eigenvalue weighted by Gasteiger charge is -2.33. The molecule has 19 heavy (non-hydrogen) atoms. The van der Waals surface area contributed by atoms with Crippen LogP contribution in [0.3, 0.4) is 0 Å². The van der Waals surface area contributed by atoms with Crippen molar-refractivity contribution in [3.8, 4) is 0 Å². The van der Waals surface area contributed by atoms with Crippen molar-refractivity contribution in [2.75, 3.05) is 5.32 Å². The van der Waals surface area contributed by atoms with Gasteiger partial charge in [0.2, 0.25) is 0 Å². The SMILES string of the molecule is CC1CCC(Nc2cc(Br)nc(C(C)C)n2)C(C)C1. The molecule has 0 bridgehead atoms. The molecule has 2 rings (SSSR count). The Morgan fingerprint density at radius 2 is 2.00 bits per heavy atom. The molecular formula is C15H24BrN3. The van der Waals surface area contributed by atoms with E-state index in [4.69, 9.17) is 0 Å². The van der Waals surface area contributed by atoms with Crippen LogP contribution in [0.4, 0.5) is 5.82 Å². The number of nitrogens with zero attached hydrogens (tertiary/aromatic N) is 2. The molecule has 106 valence electrons. The summed E-state index contributed by atoms with van der Waals surface area (Å²) >= 11 is 3.48. The number of hydrogen-bond donors (Lipinski definition) is 1. The smallest absolute Gasteiger partial charge is 0.134 e. The molecule has 3 unspecified atom stereocenters. The van der Waals surface area contributed by atoms with Crippen molar-refractivity contribution in [3.05, 3.63) is 16.5 Å². The van der Waals surface area contributed by atoms with Crippen LogP contribution in [0, 0.1) is 11.8 Å². The van der Waals surface area contributed by atoms with Gasteiger partial charge in [0.05, 0.1) is 0 Å². The van der Waals surface area contributed by atoms with Crippen molar-refractivity contribution in [2.24, 2.45) is 11.8 Å². The van der Waals surface area contributed by atoms with Gasteiger partial charge in [0, 0.05) is 18.0 Å². The van der Waals surface area contributed by atoms with Crippen LogP contribution >= 0.6 is 15.9 Å². The van der Waals surface area contributed by atoms with Crippen LogP contribution < -0.4 is 5.32 Å². The highest BCUT2D eigenvalue weighted by Gasteiger charge is 2.25. The minimum absolute atomic E-state index is 0.349. The lowest BCUT2D eigenvalue weighted by Crippen LogP contribution is -2.33. The maximum atomic E-state index is 4.63. The molecule has 1 aliphatic carbocycles. The van der Waals surface area contributed by atoms with E-state index in [1.165, 1.54) is 19.3 Å². The highest BCUT2D eigenvalue weighted by atomic mass is 79.9. The van der Waals surface area contributed by atoms with E-state index in [0.29, 0.717) is 17.9 Å². The van der Waals surface area contributed by atoms with E-state index in [1.54, 1.807) is 0 Å². The first kappa shape index (κ1) is 14.8. The van der Waals surface area contributed by atoms with Gasteiger partial charge >= 0.3 is 0 Å². The lowest BCUT2D eigenvalue weighted by molar-refractivity contribution is 0.276. The minimum atomic E-state index is 0.349. The van der Waals surface area contributed by atoms with Gasteiger partial charge < -0.3 is 5.32 Å². The zero-order chi connectivity index (χ0) is 14.0. The number of nitrogens with one attached hydrogen (secondary N) is 1. The number of rotatable bonds is 3. The van der Waals surface area contributed by atoms with E-state index in [-0.39, 0.29) is 0 Å². The van der Waals surface area contributed by atoms with E-state index >= 15 is 0 Å². The molecule has 1 aliphatic rings. The zero-order valence-corrected chi connectivity index (χ0v) is 13.9. The van der Waals surface area contributed by atoms with Crippen LogP contribution in [-0.4, -0.2) is 16.0 Å². The highest BCUT2D eigenvalue weighted by Crippen LogP contribution is 2.31. The van der Waals surface area contributed by atoms with Crippen molar-refractivity contribution < 1.29 is 0 Å². The Balaban J connectivity index is 2.10. The molecule has 1 heterocycles. The Bertz CT molecular complexity index is 433. The molecule has 1 saturated carbocycles. The summed E-state index contributed by atoms with van der Waals surface area (Å²) in [5.74, 6) is 3.77. The standard InChI is InChI=1S/C15H24BrN3/c1-9(2)15-18-13(16)8-14(19-15)17-12-6-5-10(3)7-11(12)4/h8-12H,5-7H2,1-4H3,(H,17,18,19). The van der Waals surface area contributed by atoms with Gasteiger partial charge in [0.15, 0.2) is 0 Å². The van der Waals surface area contributed by atoms with E-state index < -0.39 is 0 Å². The van der Waals surface area contributed by atoms with Gasteiger partial charge in [-0.3, -0.25) is 0 Å². The van der Waals surface area contributed by atoms with Crippen molar-refractivity contribution in [2.45, 2.75) is 58.9 Å². The van der Waals surface area contributed by atoms with Crippen LogP contribution in [0.1, 0.15) is 58.7 Å². The predicted molar refractivity (Wildman–Crippen MR) is 83.4 cm³/mol. The number of anilines is 1. The molecule has 1 N–H and O–H groups in total. The molecule has 0 aliphatic heterocycles. The largest absolute Gasteiger partial charge is 0.367 e. The van der Waals surface area contributed by atoms with Crippen molar-refractivity contribution >= 4 is 21.7 Å². The number of hydrogen-bond acceptors (Lipinski definition) is 3. The predicted octanol–water partition coefficient (Wildman–Crippen LogP) is 4.60. The van der Waals surface area contributed by atoms with Crippen LogP contribution in [0.25, 0.3) is 0 Å². The second-order valence-corrected chi connectivity index (χ2v) is 7.05. The maximum absolute atomic E-state index is 4.63. The first-order valence-electron chi connectivity index (χ1n) is 7.26.